The van der Waals surface area contributed by atoms with Gasteiger partial charge in [-0.25, -0.2) is 0 Å². The van der Waals surface area contributed by atoms with Gasteiger partial charge in [0.15, 0.2) is 6.54 Å². The van der Waals surface area contributed by atoms with Crippen LogP contribution in [0.25, 0.3) is 0 Å². The molecule has 0 spiro atoms. The predicted octanol–water partition coefficient (Wildman–Crippen LogP) is 1.15. The van der Waals surface area contributed by atoms with E-state index in [1.54, 1.807) is 0 Å². The van der Waals surface area contributed by atoms with Gasteiger partial charge in [-0.2, -0.15) is 5.26 Å². The largest absolute Gasteiger partial charge is 0.327 e. The molecule has 2 N–H and O–H groups in total. The monoisotopic (exact) mass is 272 g/mol. The number of nitriles is 1. The lowest BCUT2D eigenvalue weighted by atomic mass is 10.1. The number of carbonyl (C=O) groups excluding carboxylic acids is 1. The number of benzene rings is 1. The quantitative estimate of drug-likeness (QED) is 0.864. The summed E-state index contributed by atoms with van der Waals surface area (Å²) in [5, 5.41) is 11.6. The van der Waals surface area contributed by atoms with Crippen LogP contribution < -0.4 is 10.2 Å². The molecule has 1 heterocycles. The summed E-state index contributed by atoms with van der Waals surface area (Å²) >= 11 is 0. The first kappa shape index (κ1) is 14.5. The van der Waals surface area contributed by atoms with Gasteiger partial charge in [0.05, 0.1) is 25.6 Å². The van der Waals surface area contributed by atoms with Crippen molar-refractivity contribution in [2.45, 2.75) is 32.1 Å². The van der Waals surface area contributed by atoms with Crippen molar-refractivity contribution >= 4 is 11.6 Å². The Labute approximate surface area is 120 Å². The average molecular weight is 272 g/mol. The highest BCUT2D eigenvalue weighted by Gasteiger charge is 2.16. The predicted molar refractivity (Wildman–Crippen MR) is 78.4 cm³/mol. The fourth-order valence-electron chi connectivity index (χ4n) is 2.63. The zero-order valence-corrected chi connectivity index (χ0v) is 11.8. The summed E-state index contributed by atoms with van der Waals surface area (Å²) in [6, 6.07) is 9.61. The minimum absolute atomic E-state index is 0.0786. The van der Waals surface area contributed by atoms with E-state index in [1.807, 2.05) is 24.3 Å². The zero-order chi connectivity index (χ0) is 14.2. The van der Waals surface area contributed by atoms with Crippen molar-refractivity contribution in [2.75, 3.05) is 25.0 Å². The van der Waals surface area contributed by atoms with Gasteiger partial charge in [-0.1, -0.05) is 12.1 Å². The lowest BCUT2D eigenvalue weighted by molar-refractivity contribution is -0.890. The SMILES string of the molecule is N#CCc1ccc(NC(=O)C[NH+]2CCCCCC2)cc1. The van der Waals surface area contributed by atoms with E-state index in [4.69, 9.17) is 5.26 Å². The fourth-order valence-corrected chi connectivity index (χ4v) is 2.63. The van der Waals surface area contributed by atoms with Gasteiger partial charge in [0.2, 0.25) is 0 Å². The number of nitrogens with one attached hydrogen (secondary N) is 2. The summed E-state index contributed by atoms with van der Waals surface area (Å²) in [7, 11) is 0. The van der Waals surface area contributed by atoms with Crippen LogP contribution >= 0.6 is 0 Å². The molecular weight excluding hydrogens is 250 g/mol. The first-order chi connectivity index (χ1) is 9.78. The van der Waals surface area contributed by atoms with Crippen LogP contribution in [0.1, 0.15) is 31.2 Å². The van der Waals surface area contributed by atoms with Crippen LogP contribution in [0.2, 0.25) is 0 Å². The maximum Gasteiger partial charge on any atom is 0.279 e. The van der Waals surface area contributed by atoms with E-state index in [0.29, 0.717) is 13.0 Å². The summed E-state index contributed by atoms with van der Waals surface area (Å²) in [6.45, 7) is 2.77. The second-order valence-corrected chi connectivity index (χ2v) is 5.42. The van der Waals surface area contributed by atoms with Crippen molar-refractivity contribution in [1.29, 1.82) is 5.26 Å². The Bertz CT molecular complexity index is 467. The minimum Gasteiger partial charge on any atom is -0.327 e. The lowest BCUT2D eigenvalue weighted by Gasteiger charge is -2.16. The van der Waals surface area contributed by atoms with Gasteiger partial charge in [-0.15, -0.1) is 0 Å². The molecule has 20 heavy (non-hydrogen) atoms. The van der Waals surface area contributed by atoms with Gasteiger partial charge in [-0.3, -0.25) is 4.79 Å². The van der Waals surface area contributed by atoms with Crippen LogP contribution in [0.5, 0.6) is 0 Å². The molecule has 2 rings (SSSR count). The molecule has 0 aliphatic carbocycles. The number of hydrogen-bond donors (Lipinski definition) is 2. The molecule has 0 bridgehead atoms. The Balaban J connectivity index is 1.82. The third-order valence-electron chi connectivity index (χ3n) is 3.74. The smallest absolute Gasteiger partial charge is 0.279 e. The third kappa shape index (κ3) is 4.67. The molecule has 4 heteroatoms. The van der Waals surface area contributed by atoms with E-state index in [-0.39, 0.29) is 5.91 Å². The van der Waals surface area contributed by atoms with E-state index in [0.717, 1.165) is 24.3 Å². The van der Waals surface area contributed by atoms with E-state index in [1.165, 1.54) is 30.6 Å². The van der Waals surface area contributed by atoms with Crippen molar-refractivity contribution in [2.24, 2.45) is 0 Å². The van der Waals surface area contributed by atoms with Crippen LogP contribution in [0.3, 0.4) is 0 Å². The van der Waals surface area contributed by atoms with Gasteiger partial charge in [0.25, 0.3) is 5.91 Å². The van der Waals surface area contributed by atoms with Gasteiger partial charge in [0.1, 0.15) is 0 Å². The molecule has 0 atom stereocenters. The van der Waals surface area contributed by atoms with Crippen LogP contribution in [-0.4, -0.2) is 25.5 Å². The Hall–Kier alpha value is -1.86. The molecular formula is C16H22N3O+. The molecule has 1 saturated heterocycles. The number of amides is 1. The molecule has 0 radical (unpaired) electrons. The normalized spacial score (nSPS) is 16.1. The number of nitrogens with zero attached hydrogens (tertiary/aromatic N) is 1. The van der Waals surface area contributed by atoms with Crippen LogP contribution in [0.15, 0.2) is 24.3 Å². The number of rotatable bonds is 4. The molecule has 1 aromatic carbocycles. The standard InChI is InChI=1S/C16H21N3O/c17-10-9-14-5-7-15(8-6-14)18-16(20)13-19-11-3-1-2-4-12-19/h5-8H,1-4,9,11-13H2,(H,18,20)/p+1. The zero-order valence-electron chi connectivity index (χ0n) is 11.8. The van der Waals surface area contributed by atoms with Crippen molar-refractivity contribution in [3.63, 3.8) is 0 Å². The highest BCUT2D eigenvalue weighted by atomic mass is 16.2. The minimum atomic E-state index is 0.0786. The van der Waals surface area contributed by atoms with E-state index in [2.05, 4.69) is 11.4 Å². The molecule has 0 aromatic heterocycles. The number of anilines is 1. The second-order valence-electron chi connectivity index (χ2n) is 5.42. The third-order valence-corrected chi connectivity index (χ3v) is 3.74. The first-order valence-electron chi connectivity index (χ1n) is 7.37. The molecule has 0 saturated carbocycles. The summed E-state index contributed by atoms with van der Waals surface area (Å²) in [5.41, 5.74) is 1.79. The first-order valence-corrected chi connectivity index (χ1v) is 7.37. The van der Waals surface area contributed by atoms with Gasteiger partial charge < -0.3 is 10.2 Å². The lowest BCUT2D eigenvalue weighted by Crippen LogP contribution is -3.12. The van der Waals surface area contributed by atoms with E-state index < -0.39 is 0 Å². The maximum absolute atomic E-state index is 12.0. The molecule has 4 nitrogen and oxygen atoms in total. The second kappa shape index (κ2) is 7.66. The molecule has 1 fully saturated rings. The fraction of sp³-hybridized carbons (Fsp3) is 0.500. The molecule has 1 aromatic rings. The van der Waals surface area contributed by atoms with Gasteiger partial charge in [-0.05, 0) is 43.4 Å². The number of hydrogen-bond acceptors (Lipinski definition) is 2. The summed E-state index contributed by atoms with van der Waals surface area (Å²) in [4.78, 5) is 13.4. The van der Waals surface area contributed by atoms with Crippen molar-refractivity contribution in [1.82, 2.24) is 0 Å². The number of carbonyl (C=O) groups is 1. The average Bonchev–Trinajstić information content (AvgIpc) is 2.70. The summed E-state index contributed by atoms with van der Waals surface area (Å²) < 4.78 is 0. The van der Waals surface area contributed by atoms with Crippen LogP contribution in [0.4, 0.5) is 5.69 Å². The van der Waals surface area contributed by atoms with Crippen LogP contribution in [-0.2, 0) is 11.2 Å². The van der Waals surface area contributed by atoms with Gasteiger partial charge in [0, 0.05) is 5.69 Å². The number of quaternary nitrogens is 1. The molecule has 1 aliphatic heterocycles. The summed E-state index contributed by atoms with van der Waals surface area (Å²) in [6.07, 6.45) is 5.46. The van der Waals surface area contributed by atoms with Crippen molar-refractivity contribution in [3.05, 3.63) is 29.8 Å². The Morgan fingerprint density at radius 1 is 1.15 bits per heavy atom. The van der Waals surface area contributed by atoms with Gasteiger partial charge >= 0.3 is 0 Å². The Morgan fingerprint density at radius 3 is 2.40 bits per heavy atom. The highest BCUT2D eigenvalue weighted by Crippen LogP contribution is 2.09. The molecule has 1 amide bonds. The number of likely N-dealkylation sites (tertiary alicyclic amines) is 1. The topological polar surface area (TPSA) is 57.3 Å². The van der Waals surface area contributed by atoms with E-state index >= 15 is 0 Å². The summed E-state index contributed by atoms with van der Waals surface area (Å²) in [5.74, 6) is 0.0786. The molecule has 1 aliphatic rings. The van der Waals surface area contributed by atoms with Crippen molar-refractivity contribution < 1.29 is 9.69 Å². The molecule has 0 unspecified atom stereocenters. The van der Waals surface area contributed by atoms with Crippen molar-refractivity contribution in [3.8, 4) is 6.07 Å². The maximum atomic E-state index is 12.0. The molecule has 106 valence electrons. The highest BCUT2D eigenvalue weighted by molar-refractivity contribution is 5.91. The Kier molecular flexibility index (Phi) is 5.57. The Morgan fingerprint density at radius 2 is 1.80 bits per heavy atom. The van der Waals surface area contributed by atoms with Crippen LogP contribution in [0, 0.1) is 11.3 Å². The van der Waals surface area contributed by atoms with E-state index in [9.17, 15) is 4.79 Å².